The van der Waals surface area contributed by atoms with Crippen molar-refractivity contribution in [3.63, 3.8) is 0 Å². The molecule has 0 aliphatic heterocycles. The molecular weight excluding hydrogens is 364 g/mol. The Kier molecular flexibility index (Phi) is 6.45. The summed E-state index contributed by atoms with van der Waals surface area (Å²) >= 11 is 7.60. The van der Waals surface area contributed by atoms with Crippen LogP contribution in [-0.4, -0.2) is 12.5 Å². The van der Waals surface area contributed by atoms with E-state index in [-0.39, 0.29) is 24.5 Å². The molecule has 1 heterocycles. The van der Waals surface area contributed by atoms with Crippen LogP contribution in [0.25, 0.3) is 0 Å². The van der Waals surface area contributed by atoms with Gasteiger partial charge in [-0.2, -0.15) is 0 Å². The van der Waals surface area contributed by atoms with Gasteiger partial charge in [-0.25, -0.2) is 0 Å². The van der Waals surface area contributed by atoms with Crippen molar-refractivity contribution in [3.05, 3.63) is 93.1 Å². The molecule has 26 heavy (non-hydrogen) atoms. The Morgan fingerprint density at radius 2 is 1.73 bits per heavy atom. The Labute approximate surface area is 163 Å². The molecule has 0 aliphatic rings. The summed E-state index contributed by atoms with van der Waals surface area (Å²) in [7, 11) is 0. The highest BCUT2D eigenvalue weighted by atomic mass is 35.5. The average Bonchev–Trinajstić information content (AvgIpc) is 3.17. The molecule has 1 aromatic heterocycles. The van der Waals surface area contributed by atoms with Crippen LogP contribution in [0.1, 0.15) is 35.0 Å². The first-order chi connectivity index (χ1) is 12.6. The van der Waals surface area contributed by atoms with Crippen LogP contribution in [0.3, 0.4) is 0 Å². The highest BCUT2D eigenvalue weighted by molar-refractivity contribution is 7.10. The predicted octanol–water partition coefficient (Wildman–Crippen LogP) is 4.96. The molecule has 0 fully saturated rings. The van der Waals surface area contributed by atoms with E-state index in [1.165, 1.54) is 4.88 Å². The highest BCUT2D eigenvalue weighted by Gasteiger charge is 2.17. The van der Waals surface area contributed by atoms with Crippen LogP contribution in [0, 0.1) is 0 Å². The molecule has 0 bridgehead atoms. The lowest BCUT2D eigenvalue weighted by molar-refractivity contribution is -0.121. The molecule has 0 radical (unpaired) electrons. The van der Waals surface area contributed by atoms with Gasteiger partial charge in [0.1, 0.15) is 0 Å². The van der Waals surface area contributed by atoms with Gasteiger partial charge >= 0.3 is 0 Å². The van der Waals surface area contributed by atoms with Crippen molar-refractivity contribution in [1.29, 1.82) is 0 Å². The number of hydrogen-bond acceptors (Lipinski definition) is 3. The SMILES string of the molecule is C[C@@H](NC(=O)CN[C@H](c1ccccc1)c1cccs1)c1ccc(Cl)cc1. The Morgan fingerprint density at radius 1 is 1.00 bits per heavy atom. The minimum Gasteiger partial charge on any atom is -0.348 e. The number of thiophene rings is 1. The fraction of sp³-hybridized carbons (Fsp3) is 0.190. The number of amides is 1. The normalized spacial score (nSPS) is 13.2. The zero-order chi connectivity index (χ0) is 18.4. The lowest BCUT2D eigenvalue weighted by atomic mass is 10.1. The molecule has 3 aromatic rings. The van der Waals surface area contributed by atoms with Gasteiger partial charge in [0, 0.05) is 9.90 Å². The second-order valence-electron chi connectivity index (χ2n) is 6.08. The fourth-order valence-electron chi connectivity index (χ4n) is 2.81. The zero-order valence-corrected chi connectivity index (χ0v) is 16.1. The largest absolute Gasteiger partial charge is 0.348 e. The van der Waals surface area contributed by atoms with E-state index >= 15 is 0 Å². The molecule has 1 amide bonds. The summed E-state index contributed by atoms with van der Waals surface area (Å²) in [4.78, 5) is 13.6. The first kappa shape index (κ1) is 18.6. The van der Waals surface area contributed by atoms with Crippen molar-refractivity contribution >= 4 is 28.8 Å². The van der Waals surface area contributed by atoms with Crippen LogP contribution in [0.4, 0.5) is 0 Å². The van der Waals surface area contributed by atoms with E-state index in [0.29, 0.717) is 5.02 Å². The molecule has 0 saturated carbocycles. The molecule has 2 N–H and O–H groups in total. The third kappa shape index (κ3) is 4.94. The van der Waals surface area contributed by atoms with Crippen molar-refractivity contribution in [2.75, 3.05) is 6.54 Å². The third-order valence-corrected chi connectivity index (χ3v) is 5.36. The van der Waals surface area contributed by atoms with Gasteiger partial charge in [0.25, 0.3) is 0 Å². The summed E-state index contributed by atoms with van der Waals surface area (Å²) in [5.74, 6) is -0.0371. The van der Waals surface area contributed by atoms with E-state index in [4.69, 9.17) is 11.6 Å². The first-order valence-electron chi connectivity index (χ1n) is 8.50. The average molecular weight is 385 g/mol. The summed E-state index contributed by atoms with van der Waals surface area (Å²) in [6.07, 6.45) is 0. The molecule has 3 rings (SSSR count). The molecule has 2 aromatic carbocycles. The molecule has 0 spiro atoms. The van der Waals surface area contributed by atoms with Crippen LogP contribution in [0.15, 0.2) is 72.1 Å². The Hall–Kier alpha value is -2.14. The molecular formula is C21H21ClN2OS. The van der Waals surface area contributed by atoms with Crippen molar-refractivity contribution in [1.82, 2.24) is 10.6 Å². The summed E-state index contributed by atoms with van der Waals surface area (Å²) < 4.78 is 0. The predicted molar refractivity (Wildman–Crippen MR) is 109 cm³/mol. The van der Waals surface area contributed by atoms with Gasteiger partial charge in [0.05, 0.1) is 18.6 Å². The van der Waals surface area contributed by atoms with Gasteiger partial charge in [-0.3, -0.25) is 10.1 Å². The van der Waals surface area contributed by atoms with E-state index < -0.39 is 0 Å². The third-order valence-electron chi connectivity index (χ3n) is 4.17. The number of hydrogen-bond donors (Lipinski definition) is 2. The second-order valence-corrected chi connectivity index (χ2v) is 7.50. The quantitative estimate of drug-likeness (QED) is 0.604. The lowest BCUT2D eigenvalue weighted by Crippen LogP contribution is -2.37. The van der Waals surface area contributed by atoms with E-state index in [1.807, 2.05) is 55.5 Å². The molecule has 3 nitrogen and oxygen atoms in total. The monoisotopic (exact) mass is 384 g/mol. The highest BCUT2D eigenvalue weighted by Crippen LogP contribution is 2.25. The smallest absolute Gasteiger partial charge is 0.234 e. The van der Waals surface area contributed by atoms with Crippen molar-refractivity contribution in [2.24, 2.45) is 0 Å². The zero-order valence-electron chi connectivity index (χ0n) is 14.5. The number of nitrogens with one attached hydrogen (secondary N) is 2. The first-order valence-corrected chi connectivity index (χ1v) is 9.76. The topological polar surface area (TPSA) is 41.1 Å². The number of carbonyl (C=O) groups is 1. The van der Waals surface area contributed by atoms with Gasteiger partial charge in [0.15, 0.2) is 0 Å². The summed E-state index contributed by atoms with van der Waals surface area (Å²) in [6, 6.07) is 21.8. The summed E-state index contributed by atoms with van der Waals surface area (Å²) in [5.41, 5.74) is 2.18. The van der Waals surface area contributed by atoms with Gasteiger partial charge in [0.2, 0.25) is 5.91 Å². The van der Waals surface area contributed by atoms with Crippen LogP contribution in [-0.2, 0) is 4.79 Å². The number of carbonyl (C=O) groups excluding carboxylic acids is 1. The van der Waals surface area contributed by atoms with Crippen molar-refractivity contribution in [2.45, 2.75) is 19.0 Å². The molecule has 0 unspecified atom stereocenters. The maximum absolute atomic E-state index is 12.4. The number of rotatable bonds is 7. The van der Waals surface area contributed by atoms with E-state index in [0.717, 1.165) is 11.1 Å². The van der Waals surface area contributed by atoms with Crippen molar-refractivity contribution in [3.8, 4) is 0 Å². The maximum atomic E-state index is 12.4. The van der Waals surface area contributed by atoms with Crippen LogP contribution in [0.2, 0.25) is 5.02 Å². The molecule has 0 aliphatic carbocycles. The van der Waals surface area contributed by atoms with E-state index in [2.05, 4.69) is 34.2 Å². The minimum atomic E-state index is -0.0709. The maximum Gasteiger partial charge on any atom is 0.234 e. The van der Waals surface area contributed by atoms with E-state index in [1.54, 1.807) is 11.3 Å². The van der Waals surface area contributed by atoms with Crippen LogP contribution < -0.4 is 10.6 Å². The Morgan fingerprint density at radius 3 is 2.38 bits per heavy atom. The minimum absolute atomic E-state index is 0.00721. The second kappa shape index (κ2) is 8.99. The Balaban J connectivity index is 1.62. The van der Waals surface area contributed by atoms with Crippen molar-refractivity contribution < 1.29 is 4.79 Å². The standard InChI is InChI=1S/C21H21ClN2OS/c1-15(16-9-11-18(22)12-10-16)24-20(25)14-23-21(19-8-5-13-26-19)17-6-3-2-4-7-17/h2-13,15,21,23H,14H2,1H3,(H,24,25)/t15-,21-/m1/s1. The lowest BCUT2D eigenvalue weighted by Gasteiger charge is -2.19. The van der Waals surface area contributed by atoms with Gasteiger partial charge in [-0.1, -0.05) is 60.1 Å². The van der Waals surface area contributed by atoms with Gasteiger partial charge in [-0.05, 0) is 41.6 Å². The van der Waals surface area contributed by atoms with Gasteiger partial charge < -0.3 is 5.32 Å². The van der Waals surface area contributed by atoms with Gasteiger partial charge in [-0.15, -0.1) is 11.3 Å². The number of halogens is 1. The molecule has 2 atom stereocenters. The molecule has 5 heteroatoms. The Bertz CT molecular complexity index is 819. The number of benzene rings is 2. The van der Waals surface area contributed by atoms with Crippen LogP contribution in [0.5, 0.6) is 0 Å². The van der Waals surface area contributed by atoms with E-state index in [9.17, 15) is 4.79 Å². The summed E-state index contributed by atoms with van der Waals surface area (Å²) in [6.45, 7) is 2.21. The molecule has 134 valence electrons. The summed E-state index contributed by atoms with van der Waals surface area (Å²) in [5, 5.41) is 9.15. The fourth-order valence-corrected chi connectivity index (χ4v) is 3.76. The van der Waals surface area contributed by atoms with Crippen LogP contribution >= 0.6 is 22.9 Å². The molecule has 0 saturated heterocycles.